The van der Waals surface area contributed by atoms with Crippen molar-refractivity contribution in [3.63, 3.8) is 0 Å². The first-order chi connectivity index (χ1) is 7.70. The van der Waals surface area contributed by atoms with E-state index in [4.69, 9.17) is 4.74 Å². The van der Waals surface area contributed by atoms with Gasteiger partial charge in [0.25, 0.3) is 5.91 Å². The van der Waals surface area contributed by atoms with Gasteiger partial charge in [-0.25, -0.2) is 0 Å². The van der Waals surface area contributed by atoms with Crippen LogP contribution in [-0.2, 0) is 11.2 Å². The second-order valence-corrected chi connectivity index (χ2v) is 3.88. The number of amides is 1. The predicted molar refractivity (Wildman–Crippen MR) is 59.3 cm³/mol. The van der Waals surface area contributed by atoms with E-state index < -0.39 is 0 Å². The minimum absolute atomic E-state index is 0.0256. The van der Waals surface area contributed by atoms with Crippen LogP contribution in [0.2, 0.25) is 0 Å². The predicted octanol–water partition coefficient (Wildman–Crippen LogP) is 0.791. The highest BCUT2D eigenvalue weighted by Crippen LogP contribution is 2.33. The normalized spacial score (nSPS) is 18.0. The zero-order valence-corrected chi connectivity index (χ0v) is 9.19. The number of aryl methyl sites for hydroxylation is 1. The third-order valence-corrected chi connectivity index (χ3v) is 2.81. The van der Waals surface area contributed by atoms with Crippen LogP contribution in [0.25, 0.3) is 0 Å². The molecule has 0 spiro atoms. The number of carbonyl (C=O) groups excluding carboxylic acids is 1. The fourth-order valence-corrected chi connectivity index (χ4v) is 1.88. The fourth-order valence-electron chi connectivity index (χ4n) is 1.88. The third-order valence-electron chi connectivity index (χ3n) is 2.81. The molecule has 86 valence electrons. The van der Waals surface area contributed by atoms with E-state index in [-0.39, 0.29) is 18.6 Å². The van der Waals surface area contributed by atoms with E-state index >= 15 is 0 Å². The second kappa shape index (κ2) is 4.53. The van der Waals surface area contributed by atoms with Gasteiger partial charge >= 0.3 is 0 Å². The number of nitrogens with one attached hydrogen (secondary N) is 1. The number of likely N-dealkylation sites (N-methyl/N-ethyl adjacent to an activating group) is 1. The van der Waals surface area contributed by atoms with Crippen LogP contribution in [0, 0.1) is 0 Å². The molecule has 4 heteroatoms. The van der Waals surface area contributed by atoms with Gasteiger partial charge in [0.15, 0.2) is 6.61 Å². The Morgan fingerprint density at radius 3 is 3.19 bits per heavy atom. The first kappa shape index (κ1) is 11.0. The molecular weight excluding hydrogens is 206 g/mol. The van der Waals surface area contributed by atoms with Crippen molar-refractivity contribution in [1.82, 2.24) is 5.32 Å². The minimum atomic E-state index is -0.344. The molecule has 0 aliphatic heterocycles. The van der Waals surface area contributed by atoms with Crippen LogP contribution in [0.1, 0.15) is 23.7 Å². The fraction of sp³-hybridized carbons (Fsp3) is 0.417. The molecule has 2 N–H and O–H groups in total. The highest BCUT2D eigenvalue weighted by Gasteiger charge is 2.20. The molecule has 1 aromatic rings. The zero-order chi connectivity index (χ0) is 11.5. The Hall–Kier alpha value is -1.55. The van der Waals surface area contributed by atoms with Crippen LogP contribution < -0.4 is 10.1 Å². The molecule has 1 atom stereocenters. The lowest BCUT2D eigenvalue weighted by atomic mass is 10.1. The lowest BCUT2D eigenvalue weighted by molar-refractivity contribution is -0.122. The second-order valence-electron chi connectivity index (χ2n) is 3.88. The van der Waals surface area contributed by atoms with Crippen molar-refractivity contribution < 1.29 is 14.6 Å². The van der Waals surface area contributed by atoms with Crippen molar-refractivity contribution >= 4 is 5.91 Å². The van der Waals surface area contributed by atoms with E-state index in [2.05, 4.69) is 5.32 Å². The van der Waals surface area contributed by atoms with Gasteiger partial charge in [0.05, 0.1) is 6.10 Å². The number of ether oxygens (including phenoxy) is 1. The molecule has 1 amide bonds. The number of benzene rings is 1. The van der Waals surface area contributed by atoms with Gasteiger partial charge in [-0.3, -0.25) is 4.79 Å². The molecule has 0 bridgehead atoms. The van der Waals surface area contributed by atoms with Crippen molar-refractivity contribution in [1.29, 1.82) is 0 Å². The first-order valence-electron chi connectivity index (χ1n) is 5.35. The van der Waals surface area contributed by atoms with Gasteiger partial charge < -0.3 is 15.2 Å². The van der Waals surface area contributed by atoms with Crippen LogP contribution in [0.4, 0.5) is 0 Å². The summed E-state index contributed by atoms with van der Waals surface area (Å²) in [5.41, 5.74) is 2.09. The zero-order valence-electron chi connectivity index (χ0n) is 9.19. The van der Waals surface area contributed by atoms with Gasteiger partial charge in [-0.05, 0) is 36.1 Å². The van der Waals surface area contributed by atoms with Gasteiger partial charge in [-0.2, -0.15) is 0 Å². The Morgan fingerprint density at radius 1 is 1.62 bits per heavy atom. The molecule has 1 aliphatic carbocycles. The van der Waals surface area contributed by atoms with Gasteiger partial charge in [0.2, 0.25) is 0 Å². The van der Waals surface area contributed by atoms with Crippen LogP contribution in [0.3, 0.4) is 0 Å². The Balaban J connectivity index is 2.05. The Morgan fingerprint density at radius 2 is 2.44 bits per heavy atom. The molecular formula is C12H15NO3. The average Bonchev–Trinajstić information content (AvgIpc) is 2.67. The molecule has 0 fully saturated rings. The lowest BCUT2D eigenvalue weighted by Crippen LogP contribution is -2.24. The topological polar surface area (TPSA) is 58.6 Å². The number of rotatable bonds is 3. The highest BCUT2D eigenvalue weighted by atomic mass is 16.5. The summed E-state index contributed by atoms with van der Waals surface area (Å²) >= 11 is 0. The minimum Gasteiger partial charge on any atom is -0.484 e. The molecule has 0 radical (unpaired) electrons. The maximum atomic E-state index is 11.0. The van der Waals surface area contributed by atoms with Gasteiger partial charge in [-0.15, -0.1) is 0 Å². The van der Waals surface area contributed by atoms with Crippen molar-refractivity contribution in [3.8, 4) is 5.75 Å². The van der Waals surface area contributed by atoms with E-state index in [1.165, 1.54) is 0 Å². The third kappa shape index (κ3) is 2.17. The maximum Gasteiger partial charge on any atom is 0.257 e. The van der Waals surface area contributed by atoms with E-state index in [0.717, 1.165) is 24.0 Å². The van der Waals surface area contributed by atoms with Crippen molar-refractivity contribution in [2.24, 2.45) is 0 Å². The molecule has 1 aromatic carbocycles. The van der Waals surface area contributed by atoms with Crippen LogP contribution >= 0.6 is 0 Å². The molecule has 4 nitrogen and oxygen atoms in total. The Bertz CT molecular complexity index is 403. The van der Waals surface area contributed by atoms with Crippen molar-refractivity contribution in [2.45, 2.75) is 18.9 Å². The maximum absolute atomic E-state index is 11.0. The number of fused-ring (bicyclic) bond motifs is 1. The number of aliphatic hydroxyl groups excluding tert-OH is 1. The summed E-state index contributed by atoms with van der Waals surface area (Å²) in [6, 6.07) is 5.55. The monoisotopic (exact) mass is 221 g/mol. The molecule has 0 aromatic heterocycles. The summed E-state index contributed by atoms with van der Waals surface area (Å²) in [5, 5.41) is 12.1. The van der Waals surface area contributed by atoms with Gasteiger partial charge in [-0.1, -0.05) is 6.07 Å². The summed E-state index contributed by atoms with van der Waals surface area (Å²) < 4.78 is 5.33. The standard InChI is InChI=1S/C12H15NO3/c1-13-12(15)7-16-9-3-4-10-8(6-9)2-5-11(10)14/h3-4,6,11,14H,2,5,7H2,1H3,(H,13,15). The van der Waals surface area contributed by atoms with Gasteiger partial charge in [0, 0.05) is 7.05 Å². The van der Waals surface area contributed by atoms with Crippen LogP contribution in [0.15, 0.2) is 18.2 Å². The number of hydrogen-bond donors (Lipinski definition) is 2. The van der Waals surface area contributed by atoms with E-state index in [0.29, 0.717) is 5.75 Å². The molecule has 1 unspecified atom stereocenters. The van der Waals surface area contributed by atoms with E-state index in [1.807, 2.05) is 12.1 Å². The lowest BCUT2D eigenvalue weighted by Gasteiger charge is -2.08. The summed E-state index contributed by atoms with van der Waals surface area (Å²) in [5.74, 6) is 0.525. The highest BCUT2D eigenvalue weighted by molar-refractivity contribution is 5.77. The SMILES string of the molecule is CNC(=O)COc1ccc2c(c1)CCC2O. The van der Waals surface area contributed by atoms with Crippen LogP contribution in [0.5, 0.6) is 5.75 Å². The Labute approximate surface area is 94.2 Å². The number of aliphatic hydroxyl groups is 1. The van der Waals surface area contributed by atoms with E-state index in [1.54, 1.807) is 13.1 Å². The molecule has 0 saturated carbocycles. The molecule has 0 saturated heterocycles. The summed E-state index contributed by atoms with van der Waals surface area (Å²) in [6.45, 7) is 0.0256. The molecule has 16 heavy (non-hydrogen) atoms. The summed E-state index contributed by atoms with van der Waals surface area (Å²) in [7, 11) is 1.57. The first-order valence-corrected chi connectivity index (χ1v) is 5.35. The molecule has 0 heterocycles. The van der Waals surface area contributed by atoms with Crippen molar-refractivity contribution in [3.05, 3.63) is 29.3 Å². The van der Waals surface area contributed by atoms with E-state index in [9.17, 15) is 9.90 Å². The smallest absolute Gasteiger partial charge is 0.257 e. The largest absolute Gasteiger partial charge is 0.484 e. The average molecular weight is 221 g/mol. The summed E-state index contributed by atoms with van der Waals surface area (Å²) in [6.07, 6.45) is 1.30. The molecule has 1 aliphatic rings. The van der Waals surface area contributed by atoms with Crippen LogP contribution in [-0.4, -0.2) is 24.7 Å². The van der Waals surface area contributed by atoms with Gasteiger partial charge in [0.1, 0.15) is 5.75 Å². The molecule has 2 rings (SSSR count). The van der Waals surface area contributed by atoms with Crippen molar-refractivity contribution in [2.75, 3.05) is 13.7 Å². The number of hydrogen-bond acceptors (Lipinski definition) is 3. The quantitative estimate of drug-likeness (QED) is 0.793. The summed E-state index contributed by atoms with van der Waals surface area (Å²) in [4.78, 5) is 11.0. The number of carbonyl (C=O) groups is 1. The Kier molecular flexibility index (Phi) is 3.10.